The highest BCUT2D eigenvalue weighted by atomic mass is 16.5. The molecule has 0 aromatic heterocycles. The van der Waals surface area contributed by atoms with Crippen molar-refractivity contribution in [2.24, 2.45) is 0 Å². The minimum Gasteiger partial charge on any atom is -0.496 e. The zero-order valence-corrected chi connectivity index (χ0v) is 13.7. The molecule has 6 nitrogen and oxygen atoms in total. The standard InChI is InChI=1S/C18H20N2O4/c1-13(21)20-15-7-9-16(10-8-15)24-12-18(22)19-11-14-5-3-4-6-17(14)23-2/h3-10H,11-12H2,1-2H3,(H,19,22)(H,20,21). The maximum Gasteiger partial charge on any atom is 0.258 e. The van der Waals surface area contributed by atoms with E-state index >= 15 is 0 Å². The molecule has 24 heavy (non-hydrogen) atoms. The molecule has 2 aromatic rings. The maximum atomic E-state index is 11.9. The number of hydrogen-bond acceptors (Lipinski definition) is 4. The number of anilines is 1. The number of methoxy groups -OCH3 is 1. The number of benzene rings is 2. The van der Waals surface area contributed by atoms with Gasteiger partial charge in [-0.2, -0.15) is 0 Å². The molecule has 0 atom stereocenters. The van der Waals surface area contributed by atoms with Gasteiger partial charge in [0.1, 0.15) is 11.5 Å². The van der Waals surface area contributed by atoms with Crippen LogP contribution >= 0.6 is 0 Å². The number of amides is 2. The second kappa shape index (κ2) is 8.57. The summed E-state index contributed by atoms with van der Waals surface area (Å²) in [7, 11) is 1.59. The number of nitrogens with one attached hydrogen (secondary N) is 2. The van der Waals surface area contributed by atoms with Crippen LogP contribution in [-0.4, -0.2) is 25.5 Å². The van der Waals surface area contributed by atoms with Crippen LogP contribution in [0, 0.1) is 0 Å². The zero-order chi connectivity index (χ0) is 17.4. The highest BCUT2D eigenvalue weighted by molar-refractivity contribution is 5.88. The summed E-state index contributed by atoms with van der Waals surface area (Å²) in [6.07, 6.45) is 0. The predicted molar refractivity (Wildman–Crippen MR) is 91.1 cm³/mol. The van der Waals surface area contributed by atoms with Gasteiger partial charge in [0.15, 0.2) is 6.61 Å². The lowest BCUT2D eigenvalue weighted by Gasteiger charge is -2.10. The van der Waals surface area contributed by atoms with Gasteiger partial charge in [-0.15, -0.1) is 0 Å². The van der Waals surface area contributed by atoms with E-state index in [9.17, 15) is 9.59 Å². The van der Waals surface area contributed by atoms with Crippen LogP contribution in [-0.2, 0) is 16.1 Å². The lowest BCUT2D eigenvalue weighted by atomic mass is 10.2. The molecule has 2 aromatic carbocycles. The number of hydrogen-bond donors (Lipinski definition) is 2. The van der Waals surface area contributed by atoms with Crippen molar-refractivity contribution in [2.75, 3.05) is 19.0 Å². The molecule has 2 N–H and O–H groups in total. The van der Waals surface area contributed by atoms with Crippen molar-refractivity contribution in [3.05, 3.63) is 54.1 Å². The third-order valence-electron chi connectivity index (χ3n) is 3.21. The largest absolute Gasteiger partial charge is 0.496 e. The third-order valence-corrected chi connectivity index (χ3v) is 3.21. The maximum absolute atomic E-state index is 11.9. The zero-order valence-electron chi connectivity index (χ0n) is 13.7. The van der Waals surface area contributed by atoms with Crippen LogP contribution in [0.15, 0.2) is 48.5 Å². The Kier molecular flexibility index (Phi) is 6.19. The Bertz CT molecular complexity index is 698. The van der Waals surface area contributed by atoms with Crippen molar-refractivity contribution in [3.63, 3.8) is 0 Å². The van der Waals surface area contributed by atoms with Crippen LogP contribution in [0.4, 0.5) is 5.69 Å². The lowest BCUT2D eigenvalue weighted by molar-refractivity contribution is -0.123. The van der Waals surface area contributed by atoms with E-state index in [-0.39, 0.29) is 18.4 Å². The number of carbonyl (C=O) groups excluding carboxylic acids is 2. The molecule has 0 aliphatic carbocycles. The first-order chi connectivity index (χ1) is 11.6. The quantitative estimate of drug-likeness (QED) is 0.818. The molecule has 0 saturated heterocycles. The minimum absolute atomic E-state index is 0.0887. The van der Waals surface area contributed by atoms with Crippen LogP contribution in [0.2, 0.25) is 0 Å². The van der Waals surface area contributed by atoms with E-state index in [1.165, 1.54) is 6.92 Å². The molecule has 2 amide bonds. The lowest BCUT2D eigenvalue weighted by Crippen LogP contribution is -2.28. The first-order valence-electron chi connectivity index (χ1n) is 7.47. The van der Waals surface area contributed by atoms with Gasteiger partial charge in [0.2, 0.25) is 5.91 Å². The molecule has 0 aliphatic heterocycles. The summed E-state index contributed by atoms with van der Waals surface area (Å²) < 4.78 is 10.6. The Labute approximate surface area is 140 Å². The molecule has 0 radical (unpaired) electrons. The van der Waals surface area contributed by atoms with Crippen LogP contribution < -0.4 is 20.1 Å². The van der Waals surface area contributed by atoms with Gasteiger partial charge in [-0.3, -0.25) is 9.59 Å². The average molecular weight is 328 g/mol. The Hall–Kier alpha value is -3.02. The summed E-state index contributed by atoms with van der Waals surface area (Å²) in [6, 6.07) is 14.3. The van der Waals surface area contributed by atoms with Gasteiger partial charge in [0, 0.05) is 24.7 Å². The Morgan fingerprint density at radius 3 is 2.42 bits per heavy atom. The SMILES string of the molecule is COc1ccccc1CNC(=O)COc1ccc(NC(C)=O)cc1. The molecule has 0 bridgehead atoms. The molecule has 6 heteroatoms. The number of carbonyl (C=O) groups is 2. The minimum atomic E-state index is -0.230. The summed E-state index contributed by atoms with van der Waals surface area (Å²) in [6.45, 7) is 1.72. The monoisotopic (exact) mass is 328 g/mol. The van der Waals surface area contributed by atoms with E-state index < -0.39 is 0 Å². The Morgan fingerprint density at radius 1 is 1.04 bits per heavy atom. The van der Waals surface area contributed by atoms with Crippen LogP contribution in [0.3, 0.4) is 0 Å². The van der Waals surface area contributed by atoms with E-state index in [4.69, 9.17) is 9.47 Å². The second-order valence-corrected chi connectivity index (χ2v) is 5.08. The van der Waals surface area contributed by atoms with Gasteiger partial charge in [0.05, 0.1) is 7.11 Å². The topological polar surface area (TPSA) is 76.7 Å². The summed E-state index contributed by atoms with van der Waals surface area (Å²) in [5, 5.41) is 5.44. The molecule has 0 unspecified atom stereocenters. The van der Waals surface area contributed by atoms with Crippen molar-refractivity contribution >= 4 is 17.5 Å². The van der Waals surface area contributed by atoms with E-state index in [1.807, 2.05) is 24.3 Å². The van der Waals surface area contributed by atoms with Crippen molar-refractivity contribution < 1.29 is 19.1 Å². The van der Waals surface area contributed by atoms with Gasteiger partial charge in [-0.1, -0.05) is 18.2 Å². The van der Waals surface area contributed by atoms with E-state index in [1.54, 1.807) is 31.4 Å². The van der Waals surface area contributed by atoms with Gasteiger partial charge in [-0.05, 0) is 30.3 Å². The van der Waals surface area contributed by atoms with Gasteiger partial charge in [-0.25, -0.2) is 0 Å². The molecule has 0 aliphatic rings. The van der Waals surface area contributed by atoms with Crippen molar-refractivity contribution in [1.29, 1.82) is 0 Å². The van der Waals surface area contributed by atoms with E-state index in [2.05, 4.69) is 10.6 Å². The summed E-state index contributed by atoms with van der Waals surface area (Å²) in [4.78, 5) is 22.8. The molecule has 0 fully saturated rings. The fourth-order valence-corrected chi connectivity index (χ4v) is 2.08. The Morgan fingerprint density at radius 2 is 1.75 bits per heavy atom. The molecular formula is C18H20N2O4. The summed E-state index contributed by atoms with van der Waals surface area (Å²) >= 11 is 0. The molecule has 2 rings (SSSR count). The normalized spacial score (nSPS) is 9.92. The van der Waals surface area contributed by atoms with Crippen LogP contribution in [0.5, 0.6) is 11.5 Å². The second-order valence-electron chi connectivity index (χ2n) is 5.08. The van der Waals surface area contributed by atoms with Crippen molar-refractivity contribution in [2.45, 2.75) is 13.5 Å². The third kappa shape index (κ3) is 5.31. The molecular weight excluding hydrogens is 308 g/mol. The van der Waals surface area contributed by atoms with E-state index in [0.717, 1.165) is 11.3 Å². The molecule has 126 valence electrons. The van der Waals surface area contributed by atoms with Crippen LogP contribution in [0.1, 0.15) is 12.5 Å². The number of rotatable bonds is 7. The highest BCUT2D eigenvalue weighted by Gasteiger charge is 2.06. The summed E-state index contributed by atoms with van der Waals surface area (Å²) in [5.41, 5.74) is 1.57. The predicted octanol–water partition coefficient (Wildman–Crippen LogP) is 2.35. The average Bonchev–Trinajstić information content (AvgIpc) is 2.59. The number of ether oxygens (including phenoxy) is 2. The number of para-hydroxylation sites is 1. The van der Waals surface area contributed by atoms with E-state index in [0.29, 0.717) is 18.0 Å². The Balaban J connectivity index is 1.79. The van der Waals surface area contributed by atoms with Gasteiger partial charge in [0.25, 0.3) is 5.91 Å². The van der Waals surface area contributed by atoms with Gasteiger partial charge >= 0.3 is 0 Å². The molecule has 0 spiro atoms. The molecule has 0 saturated carbocycles. The fraction of sp³-hybridized carbons (Fsp3) is 0.222. The molecule has 0 heterocycles. The van der Waals surface area contributed by atoms with Crippen LogP contribution in [0.25, 0.3) is 0 Å². The summed E-state index contributed by atoms with van der Waals surface area (Å²) in [5.74, 6) is 0.912. The van der Waals surface area contributed by atoms with Crippen molar-refractivity contribution in [1.82, 2.24) is 5.32 Å². The van der Waals surface area contributed by atoms with Crippen molar-refractivity contribution in [3.8, 4) is 11.5 Å². The first kappa shape index (κ1) is 17.3. The first-order valence-corrected chi connectivity index (χ1v) is 7.47. The van der Waals surface area contributed by atoms with Gasteiger partial charge < -0.3 is 20.1 Å². The smallest absolute Gasteiger partial charge is 0.258 e. The fourth-order valence-electron chi connectivity index (χ4n) is 2.08. The highest BCUT2D eigenvalue weighted by Crippen LogP contribution is 2.17.